The monoisotopic (exact) mass is 324 g/mol. The molecule has 124 valence electrons. The van der Waals surface area contributed by atoms with Crippen LogP contribution in [0, 0.1) is 11.3 Å². The fraction of sp³-hybridized carbons (Fsp3) is 0.611. The van der Waals surface area contributed by atoms with Gasteiger partial charge < -0.3 is 11.1 Å². The number of benzene rings is 1. The highest BCUT2D eigenvalue weighted by Crippen LogP contribution is 2.37. The predicted molar refractivity (Wildman–Crippen MR) is 95.2 cm³/mol. The average molecular weight is 325 g/mol. The quantitative estimate of drug-likeness (QED) is 0.827. The Morgan fingerprint density at radius 1 is 1.18 bits per heavy atom. The normalized spacial score (nSPS) is 21.8. The first kappa shape index (κ1) is 18.8. The van der Waals surface area contributed by atoms with E-state index in [2.05, 4.69) is 26.1 Å². The standard InChI is InChI=1S/C18H28N2O.ClH/c1-18(2,3)15-6-4-5-7-16(15)20-17(21)12-13-8-10-14(19)11-9-13;/h8-11,15-16H,4-7,12,19H2,1-3H3,(H,20,21);1H. The molecule has 1 aliphatic carbocycles. The molecule has 1 aliphatic rings. The molecule has 1 fully saturated rings. The summed E-state index contributed by atoms with van der Waals surface area (Å²) in [6, 6.07) is 7.87. The van der Waals surface area contributed by atoms with Crippen molar-refractivity contribution in [2.75, 3.05) is 5.73 Å². The van der Waals surface area contributed by atoms with Crippen molar-refractivity contribution >= 4 is 24.0 Å². The lowest BCUT2D eigenvalue weighted by molar-refractivity contribution is -0.122. The van der Waals surface area contributed by atoms with Gasteiger partial charge in [-0.2, -0.15) is 0 Å². The molecular weight excluding hydrogens is 296 g/mol. The number of hydrogen-bond acceptors (Lipinski definition) is 2. The van der Waals surface area contributed by atoms with Crippen LogP contribution in [0.4, 0.5) is 5.69 Å². The van der Waals surface area contributed by atoms with Gasteiger partial charge >= 0.3 is 0 Å². The Labute approximate surface area is 140 Å². The fourth-order valence-corrected chi connectivity index (χ4v) is 3.42. The minimum absolute atomic E-state index is 0. The van der Waals surface area contributed by atoms with Crippen molar-refractivity contribution in [2.45, 2.75) is 58.9 Å². The van der Waals surface area contributed by atoms with Crippen LogP contribution in [0.1, 0.15) is 52.0 Å². The molecule has 2 unspecified atom stereocenters. The summed E-state index contributed by atoms with van der Waals surface area (Å²) in [5, 5.41) is 3.27. The summed E-state index contributed by atoms with van der Waals surface area (Å²) in [6.07, 6.45) is 5.27. The summed E-state index contributed by atoms with van der Waals surface area (Å²) in [5.74, 6) is 0.697. The van der Waals surface area contributed by atoms with Crippen molar-refractivity contribution in [1.82, 2.24) is 5.32 Å². The smallest absolute Gasteiger partial charge is 0.224 e. The number of nitrogens with one attached hydrogen (secondary N) is 1. The van der Waals surface area contributed by atoms with E-state index >= 15 is 0 Å². The number of anilines is 1. The first-order valence-corrected chi connectivity index (χ1v) is 8.00. The lowest BCUT2D eigenvalue weighted by Crippen LogP contribution is -2.47. The molecule has 0 saturated heterocycles. The predicted octanol–water partition coefficient (Wildman–Crippen LogP) is 3.95. The van der Waals surface area contributed by atoms with Crippen LogP contribution in [0.25, 0.3) is 0 Å². The third-order valence-electron chi connectivity index (χ3n) is 4.57. The second-order valence-corrected chi connectivity index (χ2v) is 7.35. The largest absolute Gasteiger partial charge is 0.399 e. The summed E-state index contributed by atoms with van der Waals surface area (Å²) >= 11 is 0. The van der Waals surface area contributed by atoms with Gasteiger partial charge in [0.05, 0.1) is 6.42 Å². The molecule has 1 saturated carbocycles. The highest BCUT2D eigenvalue weighted by Gasteiger charge is 2.34. The van der Waals surface area contributed by atoms with Crippen molar-refractivity contribution in [3.8, 4) is 0 Å². The number of nitrogen functional groups attached to an aromatic ring is 1. The lowest BCUT2D eigenvalue weighted by atomic mass is 9.69. The number of carbonyl (C=O) groups excluding carboxylic acids is 1. The van der Waals surface area contributed by atoms with E-state index in [0.717, 1.165) is 17.7 Å². The molecule has 1 aromatic rings. The van der Waals surface area contributed by atoms with Gasteiger partial charge in [0.25, 0.3) is 0 Å². The summed E-state index contributed by atoms with van der Waals surface area (Å²) in [4.78, 5) is 12.3. The van der Waals surface area contributed by atoms with Crippen LogP contribution in [-0.2, 0) is 11.2 Å². The Morgan fingerprint density at radius 3 is 2.36 bits per heavy atom. The van der Waals surface area contributed by atoms with Crippen LogP contribution in [0.15, 0.2) is 24.3 Å². The molecule has 0 heterocycles. The third kappa shape index (κ3) is 5.20. The van der Waals surface area contributed by atoms with Crippen LogP contribution < -0.4 is 11.1 Å². The van der Waals surface area contributed by atoms with Gasteiger partial charge in [0, 0.05) is 11.7 Å². The topological polar surface area (TPSA) is 55.1 Å². The molecule has 2 rings (SSSR count). The van der Waals surface area contributed by atoms with E-state index in [1.807, 2.05) is 24.3 Å². The first-order chi connectivity index (χ1) is 9.86. The zero-order chi connectivity index (χ0) is 15.5. The Morgan fingerprint density at radius 2 is 1.77 bits per heavy atom. The Kier molecular flexibility index (Phi) is 6.73. The summed E-state index contributed by atoms with van der Waals surface area (Å²) in [6.45, 7) is 6.84. The maximum Gasteiger partial charge on any atom is 0.224 e. The molecule has 0 bridgehead atoms. The second-order valence-electron chi connectivity index (χ2n) is 7.35. The lowest BCUT2D eigenvalue weighted by Gasteiger charge is -2.40. The SMILES string of the molecule is CC(C)(C)C1CCCCC1NC(=O)Cc1ccc(N)cc1.Cl. The molecule has 0 aliphatic heterocycles. The van der Waals surface area contributed by atoms with Gasteiger partial charge in [0.15, 0.2) is 0 Å². The molecule has 3 nitrogen and oxygen atoms in total. The van der Waals surface area contributed by atoms with Gasteiger partial charge in [-0.1, -0.05) is 45.7 Å². The van der Waals surface area contributed by atoms with Crippen LogP contribution in [0.2, 0.25) is 0 Å². The number of amides is 1. The minimum atomic E-state index is 0. The molecule has 0 radical (unpaired) electrons. The number of carbonyl (C=O) groups is 1. The highest BCUT2D eigenvalue weighted by atomic mass is 35.5. The molecule has 2 atom stereocenters. The number of halogens is 1. The van der Waals surface area contributed by atoms with Crippen LogP contribution in [0.3, 0.4) is 0 Å². The minimum Gasteiger partial charge on any atom is -0.399 e. The second kappa shape index (κ2) is 7.87. The van der Waals surface area contributed by atoms with Crippen molar-refractivity contribution in [1.29, 1.82) is 0 Å². The zero-order valence-electron chi connectivity index (χ0n) is 13.9. The maximum absolute atomic E-state index is 12.3. The molecular formula is C18H29ClN2O. The number of rotatable bonds is 3. The molecule has 1 amide bonds. The Balaban J connectivity index is 0.00000242. The van der Waals surface area contributed by atoms with Gasteiger partial charge in [-0.15, -0.1) is 12.4 Å². The highest BCUT2D eigenvalue weighted by molar-refractivity contribution is 5.85. The van der Waals surface area contributed by atoms with E-state index in [1.54, 1.807) is 0 Å². The van der Waals surface area contributed by atoms with E-state index in [-0.39, 0.29) is 23.7 Å². The molecule has 0 spiro atoms. The third-order valence-corrected chi connectivity index (χ3v) is 4.57. The molecule has 3 N–H and O–H groups in total. The summed E-state index contributed by atoms with van der Waals surface area (Å²) in [7, 11) is 0. The van der Waals surface area contributed by atoms with Crippen LogP contribution >= 0.6 is 12.4 Å². The summed E-state index contributed by atoms with van der Waals surface area (Å²) in [5.41, 5.74) is 7.68. The zero-order valence-corrected chi connectivity index (χ0v) is 14.7. The van der Waals surface area contributed by atoms with Crippen molar-refractivity contribution in [2.24, 2.45) is 11.3 Å². The van der Waals surface area contributed by atoms with Crippen molar-refractivity contribution in [3.63, 3.8) is 0 Å². The fourth-order valence-electron chi connectivity index (χ4n) is 3.42. The van der Waals surface area contributed by atoms with Gasteiger partial charge in [0.2, 0.25) is 5.91 Å². The van der Waals surface area contributed by atoms with E-state index in [9.17, 15) is 4.79 Å². The molecule has 0 aromatic heterocycles. The van der Waals surface area contributed by atoms with E-state index in [0.29, 0.717) is 18.4 Å². The van der Waals surface area contributed by atoms with Gasteiger partial charge in [0.1, 0.15) is 0 Å². The Bertz CT molecular complexity index is 479. The van der Waals surface area contributed by atoms with E-state index < -0.39 is 0 Å². The van der Waals surface area contributed by atoms with Gasteiger partial charge in [-0.25, -0.2) is 0 Å². The summed E-state index contributed by atoms with van der Waals surface area (Å²) < 4.78 is 0. The molecule has 4 heteroatoms. The van der Waals surface area contributed by atoms with Gasteiger partial charge in [-0.3, -0.25) is 4.79 Å². The number of hydrogen-bond donors (Lipinski definition) is 2. The molecule has 22 heavy (non-hydrogen) atoms. The van der Waals surface area contributed by atoms with E-state index in [1.165, 1.54) is 19.3 Å². The van der Waals surface area contributed by atoms with Crippen LogP contribution in [0.5, 0.6) is 0 Å². The Hall–Kier alpha value is -1.22. The van der Waals surface area contributed by atoms with E-state index in [4.69, 9.17) is 5.73 Å². The first-order valence-electron chi connectivity index (χ1n) is 8.00. The van der Waals surface area contributed by atoms with Crippen LogP contribution in [-0.4, -0.2) is 11.9 Å². The van der Waals surface area contributed by atoms with Crippen molar-refractivity contribution in [3.05, 3.63) is 29.8 Å². The average Bonchev–Trinajstić information content (AvgIpc) is 2.41. The van der Waals surface area contributed by atoms with Crippen molar-refractivity contribution < 1.29 is 4.79 Å². The number of nitrogens with two attached hydrogens (primary N) is 1. The van der Waals surface area contributed by atoms with Gasteiger partial charge in [-0.05, 0) is 41.9 Å². The maximum atomic E-state index is 12.3. The molecule has 1 aromatic carbocycles.